The lowest BCUT2D eigenvalue weighted by Crippen LogP contribution is -1.98. The van der Waals surface area contributed by atoms with E-state index in [-0.39, 0.29) is 0 Å². The third kappa shape index (κ3) is 7.16. The first kappa shape index (κ1) is 43.1. The minimum atomic E-state index is 1.13. The molecule has 3 aromatic heterocycles. The largest absolute Gasteiger partial charge is 0.309 e. The number of aromatic nitrogens is 2. The molecule has 0 bridgehead atoms. The Balaban J connectivity index is 0.914. The predicted octanol–water partition coefficient (Wildman–Crippen LogP) is 20.3. The Morgan fingerprint density at radius 2 is 0.747 bits per heavy atom. The lowest BCUT2D eigenvalue weighted by Gasteiger charge is -2.16. The van der Waals surface area contributed by atoms with Gasteiger partial charge in [0.05, 0.1) is 27.8 Å². The zero-order valence-electron chi connectivity index (χ0n) is 40.9. The number of fused-ring (bicyclic) bond motifs is 9. The van der Waals surface area contributed by atoms with E-state index in [1.807, 2.05) is 11.3 Å². The van der Waals surface area contributed by atoms with Gasteiger partial charge in [0.1, 0.15) is 0 Å². The summed E-state index contributed by atoms with van der Waals surface area (Å²) in [6, 6.07) is 103. The van der Waals surface area contributed by atoms with Crippen molar-refractivity contribution in [1.29, 1.82) is 0 Å². The summed E-state index contributed by atoms with van der Waals surface area (Å²) in [6.45, 7) is 0. The standard InChI is InChI=1S/C72H46N2S/c1-4-18-47(19-5-1)50-24-14-26-54(42-50)57-30-17-34-69-71(57)64-45-53(37-40-68(64)73(69)56-27-15-25-51(43-56)48-20-6-2-7-21-48)52-36-39-67-63(44-52)59-28-10-12-33-65(59)74(67)66-41-38-55(46-62(66)49-22-8-3-9-23-49)58-31-16-32-61-60-29-11-13-35-70(60)75-72(58)61/h1-46H. The summed E-state index contributed by atoms with van der Waals surface area (Å²) in [7, 11) is 0. The van der Waals surface area contributed by atoms with Crippen molar-refractivity contribution in [2.75, 3.05) is 0 Å². The fraction of sp³-hybridized carbons (Fsp3) is 0. The van der Waals surface area contributed by atoms with Gasteiger partial charge in [-0.15, -0.1) is 11.3 Å². The van der Waals surface area contributed by atoms with Crippen LogP contribution in [0.15, 0.2) is 279 Å². The molecule has 350 valence electrons. The number of thiophene rings is 1. The van der Waals surface area contributed by atoms with Crippen LogP contribution < -0.4 is 0 Å². The molecule has 0 saturated heterocycles. The van der Waals surface area contributed by atoms with Gasteiger partial charge in [0.25, 0.3) is 0 Å². The highest BCUT2D eigenvalue weighted by Gasteiger charge is 2.21. The van der Waals surface area contributed by atoms with Crippen molar-refractivity contribution in [1.82, 2.24) is 9.13 Å². The number of para-hydroxylation sites is 1. The molecule has 0 spiro atoms. The van der Waals surface area contributed by atoms with Crippen molar-refractivity contribution in [3.8, 4) is 78.1 Å². The molecule has 0 fully saturated rings. The summed E-state index contributed by atoms with van der Waals surface area (Å²) < 4.78 is 7.58. The molecule has 12 aromatic carbocycles. The summed E-state index contributed by atoms with van der Waals surface area (Å²) in [5.74, 6) is 0. The molecule has 0 N–H and O–H groups in total. The summed E-state index contributed by atoms with van der Waals surface area (Å²) >= 11 is 1.88. The molecule has 0 aliphatic rings. The molecule has 0 aliphatic carbocycles. The van der Waals surface area contributed by atoms with Gasteiger partial charge in [-0.3, -0.25) is 0 Å². The number of benzene rings is 12. The lowest BCUT2D eigenvalue weighted by molar-refractivity contribution is 1.18. The summed E-state index contributed by atoms with van der Waals surface area (Å²) in [5, 5.41) is 7.53. The molecule has 3 heteroatoms. The van der Waals surface area contributed by atoms with Gasteiger partial charge in [0, 0.05) is 53.0 Å². The Morgan fingerprint density at radius 1 is 0.240 bits per heavy atom. The van der Waals surface area contributed by atoms with Crippen LogP contribution in [0.5, 0.6) is 0 Å². The van der Waals surface area contributed by atoms with E-state index in [2.05, 4.69) is 288 Å². The molecular weight excluding hydrogens is 925 g/mol. The minimum absolute atomic E-state index is 1.13. The molecule has 0 amide bonds. The number of nitrogens with zero attached hydrogens (tertiary/aromatic N) is 2. The molecule has 75 heavy (non-hydrogen) atoms. The fourth-order valence-corrected chi connectivity index (χ4v) is 13.1. The van der Waals surface area contributed by atoms with Gasteiger partial charge in [-0.25, -0.2) is 0 Å². The predicted molar refractivity (Wildman–Crippen MR) is 321 cm³/mol. The van der Waals surface area contributed by atoms with Crippen molar-refractivity contribution in [3.63, 3.8) is 0 Å². The zero-order valence-corrected chi connectivity index (χ0v) is 41.7. The second-order valence-corrected chi connectivity index (χ2v) is 20.6. The van der Waals surface area contributed by atoms with Gasteiger partial charge in [-0.05, 0) is 134 Å². The van der Waals surface area contributed by atoms with E-state index in [9.17, 15) is 0 Å². The van der Waals surface area contributed by atoms with Crippen LogP contribution in [0.4, 0.5) is 0 Å². The molecule has 0 radical (unpaired) electrons. The van der Waals surface area contributed by atoms with Crippen LogP contribution in [-0.2, 0) is 0 Å². The Bertz CT molecular complexity index is 4690. The van der Waals surface area contributed by atoms with Gasteiger partial charge >= 0.3 is 0 Å². The van der Waals surface area contributed by atoms with Crippen LogP contribution >= 0.6 is 11.3 Å². The van der Waals surface area contributed by atoms with E-state index in [4.69, 9.17) is 0 Å². The third-order valence-electron chi connectivity index (χ3n) is 15.3. The average molecular weight is 971 g/mol. The van der Waals surface area contributed by atoms with Crippen LogP contribution in [0.3, 0.4) is 0 Å². The quantitative estimate of drug-likeness (QED) is 0.144. The van der Waals surface area contributed by atoms with E-state index in [1.165, 1.54) is 131 Å². The van der Waals surface area contributed by atoms with Crippen LogP contribution in [0.1, 0.15) is 0 Å². The first-order chi connectivity index (χ1) is 37.2. The van der Waals surface area contributed by atoms with Crippen molar-refractivity contribution in [2.45, 2.75) is 0 Å². The third-order valence-corrected chi connectivity index (χ3v) is 16.5. The van der Waals surface area contributed by atoms with Gasteiger partial charge in [-0.1, -0.05) is 206 Å². The normalized spacial score (nSPS) is 11.7. The maximum Gasteiger partial charge on any atom is 0.0547 e. The second-order valence-electron chi connectivity index (χ2n) is 19.6. The zero-order chi connectivity index (χ0) is 49.4. The molecule has 0 saturated carbocycles. The monoisotopic (exact) mass is 970 g/mol. The Hall–Kier alpha value is -9.54. The Labute approximate surface area is 438 Å². The summed E-state index contributed by atoms with van der Waals surface area (Å²) in [5.41, 5.74) is 21.4. The second kappa shape index (κ2) is 17.6. The Kier molecular flexibility index (Phi) is 10.1. The maximum atomic E-state index is 2.48. The van der Waals surface area contributed by atoms with Crippen molar-refractivity contribution < 1.29 is 0 Å². The van der Waals surface area contributed by atoms with E-state index in [1.54, 1.807) is 0 Å². The number of rotatable bonds is 8. The summed E-state index contributed by atoms with van der Waals surface area (Å²) in [4.78, 5) is 0. The first-order valence-corrected chi connectivity index (χ1v) is 26.5. The van der Waals surface area contributed by atoms with Gasteiger partial charge in [-0.2, -0.15) is 0 Å². The van der Waals surface area contributed by atoms with Crippen molar-refractivity contribution >= 4 is 75.1 Å². The topological polar surface area (TPSA) is 9.86 Å². The maximum absolute atomic E-state index is 2.48. The van der Waals surface area contributed by atoms with Gasteiger partial charge in [0.15, 0.2) is 0 Å². The highest BCUT2D eigenvalue weighted by Crippen LogP contribution is 2.45. The van der Waals surface area contributed by atoms with Crippen molar-refractivity contribution in [3.05, 3.63) is 279 Å². The lowest BCUT2D eigenvalue weighted by atomic mass is 9.95. The van der Waals surface area contributed by atoms with Crippen LogP contribution in [0.2, 0.25) is 0 Å². The smallest absolute Gasteiger partial charge is 0.0547 e. The molecule has 0 aliphatic heterocycles. The SMILES string of the molecule is c1ccc(-c2cccc(-c3cccc4c3c3cc(-c5ccc6c(c5)c5ccccc5n6-c5ccc(-c6cccc7c6sc6ccccc67)cc5-c5ccccc5)ccc3n4-c3cccc(-c4ccccc4)c3)c2)cc1. The minimum Gasteiger partial charge on any atom is -0.309 e. The molecule has 3 heterocycles. The average Bonchev–Trinajstić information content (AvgIpc) is 4.16. The molecule has 0 atom stereocenters. The van der Waals surface area contributed by atoms with E-state index < -0.39 is 0 Å². The molecule has 15 aromatic rings. The molecule has 0 unspecified atom stereocenters. The molecule has 15 rings (SSSR count). The Morgan fingerprint density at radius 3 is 1.52 bits per heavy atom. The number of hydrogen-bond acceptors (Lipinski definition) is 1. The number of hydrogen-bond donors (Lipinski definition) is 0. The van der Waals surface area contributed by atoms with E-state index in [0.717, 1.165) is 11.4 Å². The molecule has 2 nitrogen and oxygen atoms in total. The van der Waals surface area contributed by atoms with Crippen LogP contribution in [0, 0.1) is 0 Å². The van der Waals surface area contributed by atoms with E-state index >= 15 is 0 Å². The van der Waals surface area contributed by atoms with Gasteiger partial charge < -0.3 is 9.13 Å². The van der Waals surface area contributed by atoms with Crippen LogP contribution in [-0.4, -0.2) is 9.13 Å². The fourth-order valence-electron chi connectivity index (χ4n) is 11.9. The molecular formula is C72H46N2S. The highest BCUT2D eigenvalue weighted by molar-refractivity contribution is 7.26. The van der Waals surface area contributed by atoms with Crippen LogP contribution in [0.25, 0.3) is 142 Å². The summed E-state index contributed by atoms with van der Waals surface area (Å²) in [6.07, 6.45) is 0. The first-order valence-electron chi connectivity index (χ1n) is 25.7. The van der Waals surface area contributed by atoms with Crippen molar-refractivity contribution in [2.24, 2.45) is 0 Å². The van der Waals surface area contributed by atoms with E-state index in [0.29, 0.717) is 0 Å². The van der Waals surface area contributed by atoms with Gasteiger partial charge in [0.2, 0.25) is 0 Å². The highest BCUT2D eigenvalue weighted by atomic mass is 32.1.